The van der Waals surface area contributed by atoms with Crippen LogP contribution in [0.3, 0.4) is 0 Å². The van der Waals surface area contributed by atoms with Gasteiger partial charge in [0.2, 0.25) is 0 Å². The maximum Gasteiger partial charge on any atom is 0.358 e. The highest BCUT2D eigenvalue weighted by Gasteiger charge is 2.34. The highest BCUT2D eigenvalue weighted by atomic mass is 32.2. The Kier molecular flexibility index (Phi) is 3.02. The van der Waals surface area contributed by atoms with Crippen molar-refractivity contribution in [2.24, 2.45) is 0 Å². The zero-order chi connectivity index (χ0) is 13.4. The Morgan fingerprint density at radius 1 is 1.37 bits per heavy atom. The first-order chi connectivity index (χ1) is 9.20. The van der Waals surface area contributed by atoms with Crippen molar-refractivity contribution < 1.29 is 9.90 Å². The van der Waals surface area contributed by atoms with Crippen molar-refractivity contribution in [3.05, 3.63) is 35.7 Å². The number of carboxylic acids is 1. The number of aromatic nitrogens is 3. The van der Waals surface area contributed by atoms with Crippen LogP contribution in [0.1, 0.15) is 34.9 Å². The van der Waals surface area contributed by atoms with Crippen molar-refractivity contribution in [2.75, 3.05) is 6.26 Å². The third-order valence-electron chi connectivity index (χ3n) is 3.19. The van der Waals surface area contributed by atoms with Crippen molar-refractivity contribution in [1.29, 1.82) is 0 Å². The molecule has 2 aromatic rings. The summed E-state index contributed by atoms with van der Waals surface area (Å²) in [5.74, 6) is -0.727. The minimum Gasteiger partial charge on any atom is -0.476 e. The van der Waals surface area contributed by atoms with Gasteiger partial charge in [-0.1, -0.05) is 5.21 Å². The van der Waals surface area contributed by atoms with E-state index in [-0.39, 0.29) is 11.6 Å². The Bertz CT molecular complexity index is 617. The smallest absolute Gasteiger partial charge is 0.358 e. The van der Waals surface area contributed by atoms with Gasteiger partial charge in [0.05, 0.1) is 11.4 Å². The lowest BCUT2D eigenvalue weighted by Gasteiger charge is -2.06. The average Bonchev–Trinajstić information content (AvgIpc) is 3.17. The lowest BCUT2D eigenvalue weighted by Crippen LogP contribution is -2.05. The minimum atomic E-state index is -1.01. The maximum atomic E-state index is 11.2. The van der Waals surface area contributed by atoms with E-state index in [1.54, 1.807) is 16.4 Å². The largest absolute Gasteiger partial charge is 0.476 e. The standard InChI is InChI=1S/C13H13N3O2S/c1-19-10-6-4-9(5-7-10)16-12(8-2-3-8)11(13(17)18)14-15-16/h4-8H,2-3H2,1H3,(H,17,18). The second-order valence-electron chi connectivity index (χ2n) is 4.51. The van der Waals surface area contributed by atoms with Gasteiger partial charge in [-0.3, -0.25) is 0 Å². The van der Waals surface area contributed by atoms with Crippen molar-refractivity contribution in [1.82, 2.24) is 15.0 Å². The number of nitrogens with zero attached hydrogens (tertiary/aromatic N) is 3. The molecule has 6 heteroatoms. The molecule has 1 aromatic carbocycles. The summed E-state index contributed by atoms with van der Waals surface area (Å²) in [4.78, 5) is 12.3. The van der Waals surface area contributed by atoms with Crippen LogP contribution in [0, 0.1) is 0 Å². The molecule has 0 unspecified atom stereocenters. The Hall–Kier alpha value is -1.82. The number of hydrogen-bond donors (Lipinski definition) is 1. The molecule has 98 valence electrons. The number of thioether (sulfide) groups is 1. The predicted octanol–water partition coefficient (Wildman–Crippen LogP) is 2.56. The fourth-order valence-corrected chi connectivity index (χ4v) is 2.49. The average molecular weight is 275 g/mol. The number of hydrogen-bond acceptors (Lipinski definition) is 4. The van der Waals surface area contributed by atoms with Crippen LogP contribution in [-0.2, 0) is 0 Å². The first-order valence-electron chi connectivity index (χ1n) is 6.04. The Morgan fingerprint density at radius 2 is 2.05 bits per heavy atom. The van der Waals surface area contributed by atoms with Crippen LogP contribution in [0.15, 0.2) is 29.2 Å². The van der Waals surface area contributed by atoms with E-state index in [4.69, 9.17) is 5.11 Å². The normalized spacial score (nSPS) is 14.6. The van der Waals surface area contributed by atoms with Gasteiger partial charge in [-0.05, 0) is 43.4 Å². The molecule has 1 heterocycles. The third kappa shape index (κ3) is 2.23. The Balaban J connectivity index is 2.06. The summed E-state index contributed by atoms with van der Waals surface area (Å²) in [7, 11) is 0. The molecule has 1 aromatic heterocycles. The highest BCUT2D eigenvalue weighted by Crippen LogP contribution is 2.41. The molecule has 1 fully saturated rings. The molecule has 0 aliphatic heterocycles. The van der Waals surface area contributed by atoms with Gasteiger partial charge in [-0.25, -0.2) is 9.48 Å². The molecular formula is C13H13N3O2S. The predicted molar refractivity (Wildman–Crippen MR) is 72.1 cm³/mol. The summed E-state index contributed by atoms with van der Waals surface area (Å²) in [6, 6.07) is 7.88. The zero-order valence-corrected chi connectivity index (χ0v) is 11.2. The van der Waals surface area contributed by atoms with Gasteiger partial charge in [0.25, 0.3) is 0 Å². The molecule has 19 heavy (non-hydrogen) atoms. The van der Waals surface area contributed by atoms with E-state index in [1.807, 2.05) is 30.5 Å². The number of aromatic carboxylic acids is 1. The maximum absolute atomic E-state index is 11.2. The number of benzene rings is 1. The molecule has 0 amide bonds. The second-order valence-corrected chi connectivity index (χ2v) is 5.39. The molecule has 0 atom stereocenters. The van der Waals surface area contributed by atoms with E-state index < -0.39 is 5.97 Å². The fraction of sp³-hybridized carbons (Fsp3) is 0.308. The lowest BCUT2D eigenvalue weighted by atomic mass is 10.2. The Labute approximate surface area is 114 Å². The zero-order valence-electron chi connectivity index (χ0n) is 10.4. The molecule has 1 aliphatic rings. The van der Waals surface area contributed by atoms with Gasteiger partial charge >= 0.3 is 5.97 Å². The van der Waals surface area contributed by atoms with E-state index in [1.165, 1.54) is 0 Å². The summed E-state index contributed by atoms with van der Waals surface area (Å²) in [6.07, 6.45) is 4.04. The van der Waals surface area contributed by atoms with E-state index >= 15 is 0 Å². The van der Waals surface area contributed by atoms with E-state index in [2.05, 4.69) is 10.3 Å². The summed E-state index contributed by atoms with van der Waals surface area (Å²) in [5, 5.41) is 17.0. The SMILES string of the molecule is CSc1ccc(-n2nnc(C(=O)O)c2C2CC2)cc1. The van der Waals surface area contributed by atoms with E-state index in [9.17, 15) is 4.79 Å². The fourth-order valence-electron chi connectivity index (χ4n) is 2.08. The second kappa shape index (κ2) is 4.70. The first kappa shape index (κ1) is 12.2. The summed E-state index contributed by atoms with van der Waals surface area (Å²) in [5.41, 5.74) is 1.67. The van der Waals surface area contributed by atoms with Crippen molar-refractivity contribution in [3.63, 3.8) is 0 Å². The Morgan fingerprint density at radius 3 is 2.58 bits per heavy atom. The van der Waals surface area contributed by atoms with Crippen LogP contribution in [0.5, 0.6) is 0 Å². The van der Waals surface area contributed by atoms with Crippen molar-refractivity contribution in [3.8, 4) is 5.69 Å². The molecular weight excluding hydrogens is 262 g/mol. The first-order valence-corrected chi connectivity index (χ1v) is 7.26. The molecule has 0 bridgehead atoms. The molecule has 1 saturated carbocycles. The third-order valence-corrected chi connectivity index (χ3v) is 3.93. The van der Waals surface area contributed by atoms with Crippen LogP contribution in [0.25, 0.3) is 5.69 Å². The summed E-state index contributed by atoms with van der Waals surface area (Å²) < 4.78 is 1.66. The van der Waals surface area contributed by atoms with Gasteiger partial charge in [-0.2, -0.15) is 0 Å². The molecule has 1 N–H and O–H groups in total. The summed E-state index contributed by atoms with van der Waals surface area (Å²) >= 11 is 1.67. The van der Waals surface area contributed by atoms with Crippen LogP contribution in [-0.4, -0.2) is 32.3 Å². The molecule has 1 aliphatic carbocycles. The monoisotopic (exact) mass is 275 g/mol. The lowest BCUT2D eigenvalue weighted by molar-refractivity contribution is 0.0689. The van der Waals surface area contributed by atoms with Crippen LogP contribution in [0.2, 0.25) is 0 Å². The number of carboxylic acid groups (broad SMARTS) is 1. The topological polar surface area (TPSA) is 68.0 Å². The van der Waals surface area contributed by atoms with Crippen molar-refractivity contribution in [2.45, 2.75) is 23.7 Å². The van der Waals surface area contributed by atoms with Crippen LogP contribution >= 0.6 is 11.8 Å². The minimum absolute atomic E-state index is 0.0800. The van der Waals surface area contributed by atoms with Crippen molar-refractivity contribution >= 4 is 17.7 Å². The highest BCUT2D eigenvalue weighted by molar-refractivity contribution is 7.98. The van der Waals surface area contributed by atoms with Crippen LogP contribution in [0.4, 0.5) is 0 Å². The van der Waals surface area contributed by atoms with Gasteiger partial charge < -0.3 is 5.11 Å². The molecule has 5 nitrogen and oxygen atoms in total. The molecule has 0 saturated heterocycles. The molecule has 3 rings (SSSR count). The van der Waals surface area contributed by atoms with Gasteiger partial charge in [-0.15, -0.1) is 16.9 Å². The molecule has 0 radical (unpaired) electrons. The number of rotatable bonds is 4. The van der Waals surface area contributed by atoms with Crippen LogP contribution < -0.4 is 0 Å². The van der Waals surface area contributed by atoms with Gasteiger partial charge in [0.15, 0.2) is 5.69 Å². The number of carbonyl (C=O) groups is 1. The van der Waals surface area contributed by atoms with E-state index in [0.717, 1.165) is 29.1 Å². The van der Waals surface area contributed by atoms with E-state index in [0.29, 0.717) is 0 Å². The van der Waals surface area contributed by atoms with Gasteiger partial charge in [0.1, 0.15) is 0 Å². The summed E-state index contributed by atoms with van der Waals surface area (Å²) in [6.45, 7) is 0. The quantitative estimate of drug-likeness (QED) is 0.868. The van der Waals surface area contributed by atoms with Gasteiger partial charge in [0, 0.05) is 10.8 Å². The molecule has 0 spiro atoms.